The molecule has 0 aromatic heterocycles. The van der Waals surface area contributed by atoms with E-state index in [0.29, 0.717) is 34.7 Å². The number of ether oxygens (including phenoxy) is 2. The van der Waals surface area contributed by atoms with Gasteiger partial charge in [0.1, 0.15) is 23.1 Å². The van der Waals surface area contributed by atoms with Gasteiger partial charge < -0.3 is 9.47 Å². The monoisotopic (exact) mass is 872 g/mol. The minimum absolute atomic E-state index is 0.238. The molecule has 0 aliphatic carbocycles. The van der Waals surface area contributed by atoms with E-state index in [1.807, 2.05) is 24.3 Å². The first kappa shape index (κ1) is 51.4. The van der Waals surface area contributed by atoms with Crippen molar-refractivity contribution in [2.75, 3.05) is 13.2 Å². The molecule has 5 heteroatoms. The molecule has 0 N–H and O–H groups in total. The summed E-state index contributed by atoms with van der Waals surface area (Å²) in [6.07, 6.45) is 30.5. The maximum atomic E-state index is 14.4. The first-order valence-electron chi connectivity index (χ1n) is 22.8. The van der Waals surface area contributed by atoms with Crippen molar-refractivity contribution in [3.05, 3.63) is 135 Å². The number of benzene rings is 4. The predicted molar refractivity (Wildman–Crippen MR) is 257 cm³/mol. The van der Waals surface area contributed by atoms with Gasteiger partial charge in [-0.1, -0.05) is 191 Å². The van der Waals surface area contributed by atoms with Gasteiger partial charge in [0.05, 0.1) is 17.7 Å². The molecule has 0 amide bonds. The lowest BCUT2D eigenvalue weighted by Crippen LogP contribution is -1.98. The minimum atomic E-state index is -0.273. The van der Waals surface area contributed by atoms with Crippen LogP contribution in [0.4, 0.5) is 8.78 Å². The minimum Gasteiger partial charge on any atom is -0.493 e. The molecule has 0 atom stereocenters. The Labute approximate surface area is 367 Å². The lowest BCUT2D eigenvalue weighted by atomic mass is 10.0. The SMILES string of the molecule is C=Cc1ccc(CCCCC)cc1.CCCCCCCCOc1ccc(/C=C/c2ccc(CCCCC)cc2)c(F)c1.CCCCCCCCOc1ccc(Br)c(F)c1. The fourth-order valence-electron chi connectivity index (χ4n) is 6.40. The molecule has 0 saturated carbocycles. The highest BCUT2D eigenvalue weighted by atomic mass is 79.9. The zero-order chi connectivity index (χ0) is 42.8. The summed E-state index contributed by atoms with van der Waals surface area (Å²) in [5.74, 6) is 0.715. The Kier molecular flexibility index (Phi) is 29.7. The average Bonchev–Trinajstić information content (AvgIpc) is 3.25. The van der Waals surface area contributed by atoms with Crippen molar-refractivity contribution in [2.45, 2.75) is 156 Å². The lowest BCUT2D eigenvalue weighted by Gasteiger charge is -2.07. The zero-order valence-electron chi connectivity index (χ0n) is 37.0. The van der Waals surface area contributed by atoms with E-state index >= 15 is 0 Å². The summed E-state index contributed by atoms with van der Waals surface area (Å²) < 4.78 is 39.2. The van der Waals surface area contributed by atoms with Crippen LogP contribution in [0.15, 0.2) is 96.0 Å². The quantitative estimate of drug-likeness (QED) is 0.0439. The number of aryl methyl sites for hydroxylation is 2. The van der Waals surface area contributed by atoms with E-state index in [1.165, 1.54) is 138 Å². The van der Waals surface area contributed by atoms with Crippen LogP contribution in [-0.2, 0) is 12.8 Å². The topological polar surface area (TPSA) is 18.5 Å². The fraction of sp³-hybridized carbons (Fsp3) is 0.481. The van der Waals surface area contributed by atoms with Gasteiger partial charge in [-0.25, -0.2) is 8.78 Å². The van der Waals surface area contributed by atoms with Crippen LogP contribution in [0.5, 0.6) is 11.5 Å². The van der Waals surface area contributed by atoms with Crippen LogP contribution in [0.25, 0.3) is 18.2 Å². The summed E-state index contributed by atoms with van der Waals surface area (Å²) in [5.41, 5.74) is 5.70. The van der Waals surface area contributed by atoms with Crippen molar-refractivity contribution in [1.82, 2.24) is 0 Å². The highest BCUT2D eigenvalue weighted by Gasteiger charge is 2.04. The molecule has 0 bridgehead atoms. The molecule has 4 aromatic rings. The van der Waals surface area contributed by atoms with Crippen LogP contribution in [0.3, 0.4) is 0 Å². The number of halogens is 3. The van der Waals surface area contributed by atoms with Crippen molar-refractivity contribution in [3.8, 4) is 11.5 Å². The smallest absolute Gasteiger partial charge is 0.141 e. The summed E-state index contributed by atoms with van der Waals surface area (Å²) in [6, 6.07) is 27.2. The van der Waals surface area contributed by atoms with Gasteiger partial charge in [0.15, 0.2) is 0 Å². The summed E-state index contributed by atoms with van der Waals surface area (Å²) in [4.78, 5) is 0. The maximum Gasteiger partial charge on any atom is 0.141 e. The summed E-state index contributed by atoms with van der Waals surface area (Å²) in [7, 11) is 0. The summed E-state index contributed by atoms with van der Waals surface area (Å²) >= 11 is 3.12. The molecule has 0 fully saturated rings. The zero-order valence-corrected chi connectivity index (χ0v) is 38.6. The van der Waals surface area contributed by atoms with Crippen LogP contribution in [0.1, 0.15) is 171 Å². The van der Waals surface area contributed by atoms with E-state index in [9.17, 15) is 8.78 Å². The predicted octanol–water partition coefficient (Wildman–Crippen LogP) is 17.9. The molecule has 0 aliphatic rings. The second-order valence-electron chi connectivity index (χ2n) is 15.4. The van der Waals surface area contributed by atoms with E-state index in [-0.39, 0.29) is 11.6 Å². The molecule has 324 valence electrons. The van der Waals surface area contributed by atoms with Gasteiger partial charge in [0.25, 0.3) is 0 Å². The Bertz CT molecular complexity index is 1670. The second-order valence-corrected chi connectivity index (χ2v) is 16.3. The first-order chi connectivity index (χ1) is 28.8. The number of rotatable bonds is 27. The molecule has 4 aromatic carbocycles. The van der Waals surface area contributed by atoms with Gasteiger partial charge in [-0.2, -0.15) is 0 Å². The number of unbranched alkanes of at least 4 members (excludes halogenated alkanes) is 14. The third-order valence-electron chi connectivity index (χ3n) is 10.2. The molecule has 0 spiro atoms. The number of hydrogen-bond acceptors (Lipinski definition) is 2. The molecular weight excluding hydrogens is 798 g/mol. The molecule has 59 heavy (non-hydrogen) atoms. The Balaban J connectivity index is 0.000000337. The molecule has 0 heterocycles. The van der Waals surface area contributed by atoms with Crippen molar-refractivity contribution < 1.29 is 18.3 Å². The largest absolute Gasteiger partial charge is 0.493 e. The van der Waals surface area contributed by atoms with E-state index in [0.717, 1.165) is 24.8 Å². The highest BCUT2D eigenvalue weighted by molar-refractivity contribution is 9.10. The normalized spacial score (nSPS) is 10.8. The van der Waals surface area contributed by atoms with Crippen molar-refractivity contribution in [2.24, 2.45) is 0 Å². The van der Waals surface area contributed by atoms with E-state index in [4.69, 9.17) is 9.47 Å². The maximum absolute atomic E-state index is 14.4. The summed E-state index contributed by atoms with van der Waals surface area (Å²) in [5, 5.41) is 0. The van der Waals surface area contributed by atoms with Crippen molar-refractivity contribution >= 4 is 34.2 Å². The van der Waals surface area contributed by atoms with Crippen molar-refractivity contribution in [3.63, 3.8) is 0 Å². The van der Waals surface area contributed by atoms with Crippen LogP contribution in [-0.4, -0.2) is 13.2 Å². The Morgan fingerprint density at radius 2 is 0.898 bits per heavy atom. The average molecular weight is 874 g/mol. The van der Waals surface area contributed by atoms with E-state index < -0.39 is 0 Å². The van der Waals surface area contributed by atoms with Crippen LogP contribution in [0.2, 0.25) is 0 Å². The van der Waals surface area contributed by atoms with Gasteiger partial charge in [-0.15, -0.1) is 0 Å². The molecule has 0 unspecified atom stereocenters. The molecule has 2 nitrogen and oxygen atoms in total. The van der Waals surface area contributed by atoms with E-state index in [1.54, 1.807) is 18.2 Å². The van der Waals surface area contributed by atoms with Crippen LogP contribution < -0.4 is 9.47 Å². The fourth-order valence-corrected chi connectivity index (χ4v) is 6.65. The third kappa shape index (κ3) is 24.9. The van der Waals surface area contributed by atoms with Gasteiger partial charge in [0.2, 0.25) is 0 Å². The van der Waals surface area contributed by atoms with E-state index in [2.05, 4.69) is 98.7 Å². The Morgan fingerprint density at radius 3 is 1.36 bits per heavy atom. The van der Waals surface area contributed by atoms with Crippen LogP contribution in [0, 0.1) is 11.6 Å². The number of hydrogen-bond donors (Lipinski definition) is 0. The van der Waals surface area contributed by atoms with Gasteiger partial charge in [0, 0.05) is 17.7 Å². The first-order valence-corrected chi connectivity index (χ1v) is 23.6. The third-order valence-corrected chi connectivity index (χ3v) is 10.8. The Morgan fingerprint density at radius 1 is 0.475 bits per heavy atom. The molecule has 0 radical (unpaired) electrons. The lowest BCUT2D eigenvalue weighted by molar-refractivity contribution is 0.302. The summed E-state index contributed by atoms with van der Waals surface area (Å²) in [6.45, 7) is 14.0. The van der Waals surface area contributed by atoms with Gasteiger partial charge in [-0.05, 0) is 101 Å². The van der Waals surface area contributed by atoms with Gasteiger partial charge in [-0.3, -0.25) is 0 Å². The molecule has 0 aliphatic heterocycles. The van der Waals surface area contributed by atoms with Gasteiger partial charge >= 0.3 is 0 Å². The highest BCUT2D eigenvalue weighted by Crippen LogP contribution is 2.22. The standard InChI is InChI=1S/C27H37FO.C14H20BrFO.C13H18/c1-3-5-7-8-9-11-21-29-26-20-19-25(27(28)22-26)18-17-24-15-13-23(14-16-24)12-10-6-4-2;1-2-3-4-5-6-7-10-17-12-8-9-13(15)14(16)11-12;1-3-5-6-7-13-10-8-12(4-2)9-11-13/h13-20,22H,3-12,21H2,1-2H3;8-9,11H,2-7,10H2,1H3;4,8-11H,2-3,5-7H2,1H3/b18-17+;;. The van der Waals surface area contributed by atoms with Crippen LogP contribution >= 0.6 is 15.9 Å². The molecule has 0 saturated heterocycles. The van der Waals surface area contributed by atoms with Crippen molar-refractivity contribution in [1.29, 1.82) is 0 Å². The Hall–Kier alpha value is -3.70. The molecular formula is C54H75BrF2O2. The molecule has 4 rings (SSSR count). The second kappa shape index (κ2) is 34.1.